The summed E-state index contributed by atoms with van der Waals surface area (Å²) in [6.07, 6.45) is 0.990. The van der Waals surface area contributed by atoms with E-state index in [1.165, 1.54) is 0 Å². The van der Waals surface area contributed by atoms with Gasteiger partial charge < -0.3 is 9.47 Å². The first-order valence-corrected chi connectivity index (χ1v) is 8.61. The number of hydrogen-bond acceptors (Lipinski definition) is 4. The van der Waals surface area contributed by atoms with Crippen LogP contribution >= 0.6 is 0 Å². The molecule has 4 bridgehead atoms. The molecule has 4 aliphatic carbocycles. The summed E-state index contributed by atoms with van der Waals surface area (Å²) in [5.41, 5.74) is -1.04. The Balaban J connectivity index is 1.85. The van der Waals surface area contributed by atoms with E-state index >= 15 is 0 Å². The molecule has 0 aromatic heterocycles. The first kappa shape index (κ1) is 17.4. The average molecular weight is 342 g/mol. The van der Waals surface area contributed by atoms with E-state index in [1.54, 1.807) is 6.92 Å². The highest BCUT2D eigenvalue weighted by molar-refractivity contribution is 5.87. The number of halogens is 2. The van der Waals surface area contributed by atoms with Crippen LogP contribution in [0.2, 0.25) is 0 Å². The monoisotopic (exact) mass is 342 g/mol. The summed E-state index contributed by atoms with van der Waals surface area (Å²) in [6.45, 7) is 7.26. The molecule has 4 aliphatic rings. The lowest BCUT2D eigenvalue weighted by Gasteiger charge is -2.63. The summed E-state index contributed by atoms with van der Waals surface area (Å²) in [4.78, 5) is 23.6. The Labute approximate surface area is 140 Å². The molecule has 2 atom stereocenters. The van der Waals surface area contributed by atoms with E-state index in [1.807, 2.05) is 6.92 Å². The molecule has 4 fully saturated rings. The van der Waals surface area contributed by atoms with Crippen molar-refractivity contribution in [3.05, 3.63) is 12.2 Å². The van der Waals surface area contributed by atoms with Gasteiger partial charge in [-0.3, -0.25) is 0 Å². The summed E-state index contributed by atoms with van der Waals surface area (Å²) in [7, 11) is 0. The van der Waals surface area contributed by atoms with Gasteiger partial charge in [-0.05, 0) is 51.4 Å². The number of hydrogen-bond donors (Lipinski definition) is 0. The molecule has 0 aromatic rings. The van der Waals surface area contributed by atoms with Gasteiger partial charge in [0.25, 0.3) is 0 Å². The van der Waals surface area contributed by atoms with Crippen LogP contribution in [0.1, 0.15) is 52.4 Å². The fourth-order valence-electron chi connectivity index (χ4n) is 5.45. The Hall–Kier alpha value is -1.46. The maximum atomic E-state index is 12.6. The van der Waals surface area contributed by atoms with E-state index in [4.69, 9.17) is 9.47 Å². The highest BCUT2D eigenvalue weighted by Crippen LogP contribution is 2.63. The van der Waals surface area contributed by atoms with Crippen molar-refractivity contribution < 1.29 is 27.8 Å². The smallest absolute Gasteiger partial charge is 0.374 e. The molecule has 0 aliphatic heterocycles. The molecular formula is C18H24F2O4. The molecule has 2 unspecified atom stereocenters. The van der Waals surface area contributed by atoms with Crippen LogP contribution in [-0.4, -0.2) is 29.6 Å². The minimum absolute atomic E-state index is 0.0440. The first-order chi connectivity index (χ1) is 11.2. The van der Waals surface area contributed by atoms with Gasteiger partial charge >= 0.3 is 18.4 Å². The predicted molar refractivity (Wildman–Crippen MR) is 82.3 cm³/mol. The second kappa shape index (κ2) is 5.81. The van der Waals surface area contributed by atoms with Gasteiger partial charge in [-0.1, -0.05) is 13.5 Å². The third-order valence-corrected chi connectivity index (χ3v) is 6.19. The van der Waals surface area contributed by atoms with Crippen molar-refractivity contribution in [2.75, 3.05) is 0 Å². The second-order valence-electron chi connectivity index (χ2n) is 7.73. The number of esters is 2. The highest BCUT2D eigenvalue weighted by Gasteiger charge is 2.65. The molecular weight excluding hydrogens is 318 g/mol. The summed E-state index contributed by atoms with van der Waals surface area (Å²) in [5, 5.41) is 0. The van der Waals surface area contributed by atoms with E-state index in [0.717, 1.165) is 12.8 Å². The van der Waals surface area contributed by atoms with Crippen molar-refractivity contribution in [2.45, 2.75) is 70.0 Å². The Bertz CT molecular complexity index is 555. The summed E-state index contributed by atoms with van der Waals surface area (Å²) in [5.74, 6) is -1.40. The van der Waals surface area contributed by atoms with Crippen LogP contribution in [0, 0.1) is 17.8 Å². The van der Waals surface area contributed by atoms with E-state index in [0.29, 0.717) is 37.2 Å². The zero-order valence-corrected chi connectivity index (χ0v) is 14.1. The Morgan fingerprint density at radius 1 is 1.17 bits per heavy atom. The molecule has 0 saturated heterocycles. The van der Waals surface area contributed by atoms with Gasteiger partial charge in [0.05, 0.1) is 0 Å². The minimum Gasteiger partial charge on any atom is -0.455 e. The number of carbonyl (C=O) groups excluding carboxylic acids is 2. The third kappa shape index (κ3) is 2.64. The zero-order valence-electron chi connectivity index (χ0n) is 14.1. The van der Waals surface area contributed by atoms with Crippen LogP contribution in [-0.2, 0) is 19.1 Å². The number of ether oxygens (including phenoxy) is 2. The summed E-state index contributed by atoms with van der Waals surface area (Å²) < 4.78 is 36.4. The highest BCUT2D eigenvalue weighted by atomic mass is 19.3. The normalized spacial score (nSPS) is 39.8. The zero-order chi connectivity index (χ0) is 17.7. The van der Waals surface area contributed by atoms with Crippen molar-refractivity contribution in [3.63, 3.8) is 0 Å². The molecule has 0 amide bonds. The third-order valence-electron chi connectivity index (χ3n) is 6.19. The Kier molecular flexibility index (Phi) is 4.21. The van der Waals surface area contributed by atoms with Crippen LogP contribution in [0.5, 0.6) is 0 Å². The molecule has 0 radical (unpaired) electrons. The molecule has 0 N–H and O–H groups in total. The fraction of sp³-hybridized carbons (Fsp3) is 0.778. The van der Waals surface area contributed by atoms with Gasteiger partial charge in [0, 0.05) is 17.4 Å². The van der Waals surface area contributed by atoms with Gasteiger partial charge in [-0.2, -0.15) is 8.78 Å². The van der Waals surface area contributed by atoms with Crippen LogP contribution in [0.3, 0.4) is 0 Å². The maximum absolute atomic E-state index is 12.6. The van der Waals surface area contributed by atoms with Crippen molar-refractivity contribution in [3.8, 4) is 0 Å². The molecule has 0 spiro atoms. The number of carbonyl (C=O) groups is 2. The van der Waals surface area contributed by atoms with Gasteiger partial charge in [-0.25, -0.2) is 9.59 Å². The van der Waals surface area contributed by atoms with Crippen LogP contribution < -0.4 is 0 Å². The lowest BCUT2D eigenvalue weighted by Crippen LogP contribution is -2.65. The molecule has 4 saturated carbocycles. The standard InChI is InChI=1S/C18H24F2O4/c1-4-18(24-15(21)10(2)3)12-5-11-6-13(18)9-17(7-11,8-12)23-16(22)14(19)20/h11-14H,2,4-9H2,1,3H3. The summed E-state index contributed by atoms with van der Waals surface area (Å²) >= 11 is 0. The van der Waals surface area contributed by atoms with E-state index in [9.17, 15) is 18.4 Å². The van der Waals surface area contributed by atoms with Crippen molar-refractivity contribution >= 4 is 11.9 Å². The van der Waals surface area contributed by atoms with Crippen LogP contribution in [0.4, 0.5) is 8.78 Å². The topological polar surface area (TPSA) is 52.6 Å². The molecule has 24 heavy (non-hydrogen) atoms. The van der Waals surface area contributed by atoms with Crippen molar-refractivity contribution in [1.82, 2.24) is 0 Å². The molecule has 6 heteroatoms. The molecule has 134 valence electrons. The lowest BCUT2D eigenvalue weighted by molar-refractivity contribution is -0.251. The second-order valence-corrected chi connectivity index (χ2v) is 7.73. The fourth-order valence-corrected chi connectivity index (χ4v) is 5.45. The quantitative estimate of drug-likeness (QED) is 0.565. The number of alkyl halides is 2. The van der Waals surface area contributed by atoms with Crippen LogP contribution in [0.25, 0.3) is 0 Å². The van der Waals surface area contributed by atoms with Gasteiger partial charge in [-0.15, -0.1) is 0 Å². The van der Waals surface area contributed by atoms with Crippen molar-refractivity contribution in [1.29, 1.82) is 0 Å². The molecule has 4 rings (SSSR count). The van der Waals surface area contributed by atoms with Gasteiger partial charge in [0.1, 0.15) is 11.2 Å². The minimum atomic E-state index is -3.10. The molecule has 4 nitrogen and oxygen atoms in total. The first-order valence-electron chi connectivity index (χ1n) is 8.61. The number of rotatable bonds is 5. The van der Waals surface area contributed by atoms with Gasteiger partial charge in [0.2, 0.25) is 0 Å². The largest absolute Gasteiger partial charge is 0.455 e. The lowest BCUT2D eigenvalue weighted by atomic mass is 9.47. The summed E-state index contributed by atoms with van der Waals surface area (Å²) in [6, 6.07) is 0. The SMILES string of the molecule is C=C(C)C(=O)OC1(CC)C2CC3CC1CC(OC(=O)C(F)F)(C3)C2. The molecule has 0 aromatic carbocycles. The Morgan fingerprint density at radius 3 is 2.21 bits per heavy atom. The van der Waals surface area contributed by atoms with Gasteiger partial charge in [0.15, 0.2) is 0 Å². The maximum Gasteiger partial charge on any atom is 0.374 e. The average Bonchev–Trinajstić information content (AvgIpc) is 2.49. The Morgan fingerprint density at radius 2 is 1.75 bits per heavy atom. The van der Waals surface area contributed by atoms with Crippen molar-refractivity contribution in [2.24, 2.45) is 17.8 Å². The predicted octanol–water partition coefficient (Wildman–Crippen LogP) is 3.64. The van der Waals surface area contributed by atoms with Crippen LogP contribution in [0.15, 0.2) is 12.2 Å². The van der Waals surface area contributed by atoms with E-state index < -0.39 is 29.6 Å². The van der Waals surface area contributed by atoms with E-state index in [-0.39, 0.29) is 11.8 Å². The molecule has 0 heterocycles. The van der Waals surface area contributed by atoms with E-state index in [2.05, 4.69) is 6.58 Å².